The van der Waals surface area contributed by atoms with E-state index in [-0.39, 0.29) is 11.7 Å². The first-order valence-electron chi connectivity index (χ1n) is 3.92. The summed E-state index contributed by atoms with van der Waals surface area (Å²) in [4.78, 5) is 0. The van der Waals surface area contributed by atoms with Crippen LogP contribution in [0.2, 0.25) is 0 Å². The quantitative estimate of drug-likeness (QED) is 0.511. The van der Waals surface area contributed by atoms with E-state index in [0.29, 0.717) is 19.1 Å². The summed E-state index contributed by atoms with van der Waals surface area (Å²) in [5.74, 6) is -2.88. The van der Waals surface area contributed by atoms with E-state index in [0.717, 1.165) is 6.07 Å². The summed E-state index contributed by atoms with van der Waals surface area (Å²) < 4.78 is 42.9. The topological polar surface area (TPSA) is 12.5 Å². The fraction of sp³-hybridized carbons (Fsp3) is 0.333. The molecule has 1 aliphatic rings. The van der Waals surface area contributed by atoms with Gasteiger partial charge in [0.2, 0.25) is 0 Å². The van der Waals surface area contributed by atoms with Crippen LogP contribution >= 0.6 is 0 Å². The normalized spacial score (nSPS) is 20.4. The second-order valence-corrected chi connectivity index (χ2v) is 3.02. The van der Waals surface area contributed by atoms with Gasteiger partial charge in [0.15, 0.2) is 11.6 Å². The molecule has 1 atom stereocenters. The van der Waals surface area contributed by atoms with Gasteiger partial charge in [-0.05, 0) is 11.6 Å². The highest BCUT2D eigenvalue weighted by molar-refractivity contribution is 5.21. The Morgan fingerprint density at radius 2 is 1.77 bits per heavy atom. The van der Waals surface area contributed by atoms with Crippen molar-refractivity contribution in [2.24, 2.45) is 0 Å². The highest BCUT2D eigenvalue weighted by atomic mass is 19.2. The van der Waals surface area contributed by atoms with Crippen molar-refractivity contribution >= 4 is 0 Å². The van der Waals surface area contributed by atoms with Crippen LogP contribution in [0.4, 0.5) is 13.2 Å². The summed E-state index contributed by atoms with van der Waals surface area (Å²) >= 11 is 0. The molecule has 1 aromatic rings. The zero-order chi connectivity index (χ0) is 9.42. The van der Waals surface area contributed by atoms with E-state index >= 15 is 0 Å². The SMILES string of the molecule is Fc1cc(F)c(CC2CO2)cc1F. The molecular weight excluding hydrogens is 181 g/mol. The maximum atomic E-state index is 13.0. The molecule has 1 heterocycles. The average molecular weight is 188 g/mol. The van der Waals surface area contributed by atoms with Crippen LogP contribution in [0.15, 0.2) is 12.1 Å². The predicted octanol–water partition coefficient (Wildman–Crippen LogP) is 2.05. The molecule has 2 rings (SSSR count). The molecule has 1 saturated heterocycles. The molecule has 1 unspecified atom stereocenters. The molecule has 0 N–H and O–H groups in total. The third-order valence-electron chi connectivity index (χ3n) is 1.94. The summed E-state index contributed by atoms with van der Waals surface area (Å²) in [6.45, 7) is 0.568. The minimum absolute atomic E-state index is 0.0284. The van der Waals surface area contributed by atoms with Crippen LogP contribution in [0, 0.1) is 17.5 Å². The zero-order valence-corrected chi connectivity index (χ0v) is 6.69. The van der Waals surface area contributed by atoms with Gasteiger partial charge >= 0.3 is 0 Å². The predicted molar refractivity (Wildman–Crippen MR) is 39.8 cm³/mol. The van der Waals surface area contributed by atoms with E-state index < -0.39 is 17.5 Å². The van der Waals surface area contributed by atoms with Gasteiger partial charge < -0.3 is 4.74 Å². The van der Waals surface area contributed by atoms with Gasteiger partial charge in [0.25, 0.3) is 0 Å². The van der Waals surface area contributed by atoms with Crippen LogP contribution in [-0.2, 0) is 11.2 Å². The lowest BCUT2D eigenvalue weighted by Gasteiger charge is -2.01. The monoisotopic (exact) mass is 188 g/mol. The molecule has 0 spiro atoms. The molecule has 1 aliphatic heterocycles. The van der Waals surface area contributed by atoms with Crippen molar-refractivity contribution in [3.05, 3.63) is 35.1 Å². The van der Waals surface area contributed by atoms with Gasteiger partial charge in [-0.3, -0.25) is 0 Å². The van der Waals surface area contributed by atoms with Gasteiger partial charge in [-0.15, -0.1) is 0 Å². The molecule has 0 amide bonds. The Kier molecular flexibility index (Phi) is 2.00. The van der Waals surface area contributed by atoms with Gasteiger partial charge in [0.05, 0.1) is 12.7 Å². The maximum Gasteiger partial charge on any atom is 0.161 e. The number of halogens is 3. The van der Waals surface area contributed by atoms with Crippen molar-refractivity contribution in [3.8, 4) is 0 Å². The van der Waals surface area contributed by atoms with Crippen molar-refractivity contribution in [2.75, 3.05) is 6.61 Å². The third-order valence-corrected chi connectivity index (χ3v) is 1.94. The van der Waals surface area contributed by atoms with Gasteiger partial charge in [-0.1, -0.05) is 0 Å². The highest BCUT2D eigenvalue weighted by Crippen LogP contribution is 2.20. The fourth-order valence-corrected chi connectivity index (χ4v) is 1.15. The average Bonchev–Trinajstić information content (AvgIpc) is 2.84. The second kappa shape index (κ2) is 3.03. The minimum atomic E-state index is -1.15. The molecule has 13 heavy (non-hydrogen) atoms. The molecule has 4 heteroatoms. The zero-order valence-electron chi connectivity index (χ0n) is 6.69. The summed E-state index contributed by atoms with van der Waals surface area (Å²) in [5.41, 5.74) is 0.168. The van der Waals surface area contributed by atoms with Crippen molar-refractivity contribution in [3.63, 3.8) is 0 Å². The number of epoxide rings is 1. The lowest BCUT2D eigenvalue weighted by atomic mass is 10.1. The fourth-order valence-electron chi connectivity index (χ4n) is 1.15. The first-order chi connectivity index (χ1) is 6.16. The van der Waals surface area contributed by atoms with Crippen LogP contribution in [0.25, 0.3) is 0 Å². The van der Waals surface area contributed by atoms with Crippen molar-refractivity contribution in [2.45, 2.75) is 12.5 Å². The molecule has 0 aliphatic carbocycles. The largest absolute Gasteiger partial charge is 0.373 e. The van der Waals surface area contributed by atoms with E-state index in [1.165, 1.54) is 0 Å². The van der Waals surface area contributed by atoms with Crippen LogP contribution in [0.5, 0.6) is 0 Å². The molecule has 0 aromatic heterocycles. The third kappa shape index (κ3) is 1.83. The number of benzene rings is 1. The number of hydrogen-bond donors (Lipinski definition) is 0. The van der Waals surface area contributed by atoms with Gasteiger partial charge in [-0.2, -0.15) is 0 Å². The lowest BCUT2D eigenvalue weighted by Crippen LogP contribution is -1.99. The van der Waals surface area contributed by atoms with E-state index in [1.807, 2.05) is 0 Å². The smallest absolute Gasteiger partial charge is 0.161 e. The Morgan fingerprint density at radius 1 is 1.15 bits per heavy atom. The van der Waals surface area contributed by atoms with Crippen molar-refractivity contribution in [1.82, 2.24) is 0 Å². The van der Waals surface area contributed by atoms with Crippen molar-refractivity contribution < 1.29 is 17.9 Å². The molecule has 70 valence electrons. The van der Waals surface area contributed by atoms with E-state index in [2.05, 4.69) is 0 Å². The Balaban J connectivity index is 2.27. The number of ether oxygens (including phenoxy) is 1. The molecule has 1 fully saturated rings. The molecule has 0 radical (unpaired) electrons. The standard InChI is InChI=1S/C9H7F3O/c10-7-3-9(12)8(11)2-5(7)1-6-4-13-6/h2-3,6H,1,4H2. The van der Waals surface area contributed by atoms with Crippen LogP contribution in [0.3, 0.4) is 0 Å². The lowest BCUT2D eigenvalue weighted by molar-refractivity contribution is 0.403. The van der Waals surface area contributed by atoms with Gasteiger partial charge in [-0.25, -0.2) is 13.2 Å². The minimum Gasteiger partial charge on any atom is -0.373 e. The van der Waals surface area contributed by atoms with Crippen LogP contribution in [0.1, 0.15) is 5.56 Å². The number of rotatable bonds is 2. The summed E-state index contributed by atoms with van der Waals surface area (Å²) in [6, 6.07) is 1.44. The summed E-state index contributed by atoms with van der Waals surface area (Å²) in [7, 11) is 0. The number of hydrogen-bond acceptors (Lipinski definition) is 1. The van der Waals surface area contributed by atoms with Crippen LogP contribution in [-0.4, -0.2) is 12.7 Å². The Bertz CT molecular complexity index is 334. The Morgan fingerprint density at radius 3 is 2.38 bits per heavy atom. The van der Waals surface area contributed by atoms with E-state index in [1.54, 1.807) is 0 Å². The molecule has 1 nitrogen and oxygen atoms in total. The maximum absolute atomic E-state index is 13.0. The van der Waals surface area contributed by atoms with Gasteiger partial charge in [0.1, 0.15) is 5.82 Å². The summed E-state index contributed by atoms with van der Waals surface area (Å²) in [5, 5.41) is 0. The first-order valence-corrected chi connectivity index (χ1v) is 3.92. The van der Waals surface area contributed by atoms with E-state index in [4.69, 9.17) is 4.74 Å². The summed E-state index contributed by atoms with van der Waals surface area (Å²) in [6.07, 6.45) is 0.280. The first kappa shape index (κ1) is 8.56. The Hall–Kier alpha value is -1.03. The van der Waals surface area contributed by atoms with E-state index in [9.17, 15) is 13.2 Å². The highest BCUT2D eigenvalue weighted by Gasteiger charge is 2.24. The Labute approximate surface area is 73.1 Å². The second-order valence-electron chi connectivity index (χ2n) is 3.02. The van der Waals surface area contributed by atoms with Crippen LogP contribution < -0.4 is 0 Å². The molecule has 1 aromatic carbocycles. The molecular formula is C9H7F3O. The van der Waals surface area contributed by atoms with Gasteiger partial charge in [0, 0.05) is 12.5 Å². The van der Waals surface area contributed by atoms with Crippen molar-refractivity contribution in [1.29, 1.82) is 0 Å². The molecule has 0 saturated carbocycles. The molecule has 0 bridgehead atoms.